The van der Waals surface area contributed by atoms with E-state index in [1.165, 1.54) is 19.3 Å². The van der Waals surface area contributed by atoms with Crippen molar-refractivity contribution in [3.63, 3.8) is 0 Å². The van der Waals surface area contributed by atoms with E-state index < -0.39 is 0 Å². The number of carbonyl (C=O) groups excluding carboxylic acids is 1. The summed E-state index contributed by atoms with van der Waals surface area (Å²) in [6.45, 7) is 8.14. The molecular formula is C16H27N3O. The van der Waals surface area contributed by atoms with Gasteiger partial charge in [-0.3, -0.25) is 9.69 Å². The predicted octanol–water partition coefficient (Wildman–Crippen LogP) is 2.16. The monoisotopic (exact) mass is 277 g/mol. The van der Waals surface area contributed by atoms with Gasteiger partial charge in [0.05, 0.1) is 12.6 Å². The van der Waals surface area contributed by atoms with E-state index in [9.17, 15) is 4.79 Å². The van der Waals surface area contributed by atoms with Crippen molar-refractivity contribution in [2.45, 2.75) is 52.5 Å². The average molecular weight is 277 g/mol. The summed E-state index contributed by atoms with van der Waals surface area (Å²) in [4.78, 5) is 14.3. The lowest BCUT2D eigenvalue weighted by Crippen LogP contribution is -2.52. The molecule has 4 heteroatoms. The Balaban J connectivity index is 1.92. The van der Waals surface area contributed by atoms with Crippen LogP contribution in [0.5, 0.6) is 0 Å². The standard InChI is InChI=1S/C16H27N3O/c1-16(2,3)15(20)18-14-9-13(8-12-4-5-12)10-19(11-14)7-6-17/h12-14H,4-5,7-11H2,1-3H3,(H,18,20). The first-order chi connectivity index (χ1) is 9.38. The number of amides is 1. The molecule has 1 aliphatic heterocycles. The first kappa shape index (κ1) is 15.3. The van der Waals surface area contributed by atoms with Gasteiger partial charge in [-0.15, -0.1) is 0 Å². The Kier molecular flexibility index (Phi) is 4.70. The van der Waals surface area contributed by atoms with Gasteiger partial charge in [-0.1, -0.05) is 33.6 Å². The van der Waals surface area contributed by atoms with Crippen molar-refractivity contribution in [1.29, 1.82) is 5.26 Å². The number of piperidine rings is 1. The van der Waals surface area contributed by atoms with Gasteiger partial charge in [0.15, 0.2) is 0 Å². The van der Waals surface area contributed by atoms with E-state index in [1.54, 1.807) is 0 Å². The summed E-state index contributed by atoms with van der Waals surface area (Å²) in [5.41, 5.74) is -0.344. The van der Waals surface area contributed by atoms with Crippen LogP contribution in [0, 0.1) is 28.6 Å². The summed E-state index contributed by atoms with van der Waals surface area (Å²) < 4.78 is 0. The Labute approximate surface area is 122 Å². The van der Waals surface area contributed by atoms with E-state index in [4.69, 9.17) is 5.26 Å². The van der Waals surface area contributed by atoms with Crippen LogP contribution >= 0.6 is 0 Å². The Hall–Kier alpha value is -1.08. The molecule has 0 spiro atoms. The number of nitriles is 1. The zero-order valence-electron chi connectivity index (χ0n) is 13.0. The maximum absolute atomic E-state index is 12.1. The lowest BCUT2D eigenvalue weighted by atomic mass is 9.88. The Bertz CT molecular complexity index is 390. The minimum absolute atomic E-state index is 0.117. The van der Waals surface area contributed by atoms with Gasteiger partial charge in [0.2, 0.25) is 5.91 Å². The molecule has 1 N–H and O–H groups in total. The van der Waals surface area contributed by atoms with Gasteiger partial charge in [-0.05, 0) is 24.7 Å². The molecule has 2 atom stereocenters. The summed E-state index contributed by atoms with van der Waals surface area (Å²) in [5, 5.41) is 12.1. The van der Waals surface area contributed by atoms with E-state index in [1.807, 2.05) is 20.8 Å². The highest BCUT2D eigenvalue weighted by Crippen LogP contribution is 2.37. The molecule has 1 aliphatic carbocycles. The minimum Gasteiger partial charge on any atom is -0.352 e. The van der Waals surface area contributed by atoms with E-state index in [-0.39, 0.29) is 17.4 Å². The smallest absolute Gasteiger partial charge is 0.225 e. The number of likely N-dealkylation sites (tertiary alicyclic amines) is 1. The molecule has 2 fully saturated rings. The van der Waals surface area contributed by atoms with Gasteiger partial charge in [0.25, 0.3) is 0 Å². The number of hydrogen-bond donors (Lipinski definition) is 1. The summed E-state index contributed by atoms with van der Waals surface area (Å²) in [7, 11) is 0. The molecular weight excluding hydrogens is 250 g/mol. The second-order valence-corrected chi connectivity index (χ2v) is 7.55. The van der Waals surface area contributed by atoms with Crippen molar-refractivity contribution in [2.75, 3.05) is 19.6 Å². The van der Waals surface area contributed by atoms with Gasteiger partial charge in [-0.2, -0.15) is 5.26 Å². The number of hydrogen-bond acceptors (Lipinski definition) is 3. The zero-order chi connectivity index (χ0) is 14.8. The van der Waals surface area contributed by atoms with Gasteiger partial charge >= 0.3 is 0 Å². The van der Waals surface area contributed by atoms with Gasteiger partial charge in [-0.25, -0.2) is 0 Å². The summed E-state index contributed by atoms with van der Waals surface area (Å²) in [6, 6.07) is 2.45. The molecule has 2 aliphatic rings. The quantitative estimate of drug-likeness (QED) is 0.801. The average Bonchev–Trinajstić information content (AvgIpc) is 3.11. The molecule has 0 aromatic rings. The third-order valence-electron chi connectivity index (χ3n) is 4.29. The predicted molar refractivity (Wildman–Crippen MR) is 78.9 cm³/mol. The van der Waals surface area contributed by atoms with Crippen molar-refractivity contribution in [2.24, 2.45) is 17.3 Å². The number of nitrogens with zero attached hydrogens (tertiary/aromatic N) is 2. The van der Waals surface area contributed by atoms with Crippen LogP contribution in [0.4, 0.5) is 0 Å². The Morgan fingerprint density at radius 1 is 1.30 bits per heavy atom. The Morgan fingerprint density at radius 3 is 2.55 bits per heavy atom. The van der Waals surface area contributed by atoms with Crippen LogP contribution in [0.15, 0.2) is 0 Å². The molecule has 0 aromatic heterocycles. The van der Waals surface area contributed by atoms with E-state index in [0.29, 0.717) is 12.5 Å². The van der Waals surface area contributed by atoms with Crippen LogP contribution in [-0.2, 0) is 4.79 Å². The maximum atomic E-state index is 12.1. The van der Waals surface area contributed by atoms with Crippen LogP contribution in [0.25, 0.3) is 0 Å². The SMILES string of the molecule is CC(C)(C)C(=O)NC1CC(CC2CC2)CN(CC#N)C1. The minimum atomic E-state index is -0.344. The van der Waals surface area contributed by atoms with E-state index in [0.717, 1.165) is 25.4 Å². The fraction of sp³-hybridized carbons (Fsp3) is 0.875. The van der Waals surface area contributed by atoms with Crippen LogP contribution in [0.1, 0.15) is 46.5 Å². The lowest BCUT2D eigenvalue weighted by Gasteiger charge is -2.38. The molecule has 2 rings (SSSR count). The van der Waals surface area contributed by atoms with Crippen LogP contribution in [0.2, 0.25) is 0 Å². The summed E-state index contributed by atoms with van der Waals surface area (Å²) in [5.74, 6) is 1.65. The first-order valence-corrected chi connectivity index (χ1v) is 7.78. The number of rotatable bonds is 4. The summed E-state index contributed by atoms with van der Waals surface area (Å²) >= 11 is 0. The fourth-order valence-electron chi connectivity index (χ4n) is 3.03. The van der Waals surface area contributed by atoms with Crippen LogP contribution < -0.4 is 5.32 Å². The second kappa shape index (κ2) is 6.13. The second-order valence-electron chi connectivity index (χ2n) is 7.55. The van der Waals surface area contributed by atoms with Gasteiger partial charge < -0.3 is 5.32 Å². The third kappa shape index (κ3) is 4.49. The normalized spacial score (nSPS) is 27.9. The molecule has 0 bridgehead atoms. The number of carbonyl (C=O) groups is 1. The highest BCUT2D eigenvalue weighted by Gasteiger charge is 2.33. The van der Waals surface area contributed by atoms with Crippen molar-refractivity contribution >= 4 is 5.91 Å². The fourth-order valence-corrected chi connectivity index (χ4v) is 3.03. The van der Waals surface area contributed by atoms with Crippen molar-refractivity contribution in [3.05, 3.63) is 0 Å². The molecule has 1 heterocycles. The van der Waals surface area contributed by atoms with Gasteiger partial charge in [0.1, 0.15) is 0 Å². The Morgan fingerprint density at radius 2 is 2.00 bits per heavy atom. The van der Waals surface area contributed by atoms with E-state index in [2.05, 4.69) is 16.3 Å². The maximum Gasteiger partial charge on any atom is 0.225 e. The van der Waals surface area contributed by atoms with E-state index >= 15 is 0 Å². The molecule has 0 aromatic carbocycles. The highest BCUT2D eigenvalue weighted by atomic mass is 16.2. The molecule has 20 heavy (non-hydrogen) atoms. The molecule has 2 unspecified atom stereocenters. The van der Waals surface area contributed by atoms with Crippen LogP contribution in [0.3, 0.4) is 0 Å². The molecule has 1 saturated carbocycles. The first-order valence-electron chi connectivity index (χ1n) is 7.78. The molecule has 112 valence electrons. The van der Waals surface area contributed by atoms with Crippen molar-refractivity contribution in [1.82, 2.24) is 10.2 Å². The molecule has 0 radical (unpaired) electrons. The van der Waals surface area contributed by atoms with Gasteiger partial charge in [0, 0.05) is 24.5 Å². The molecule has 4 nitrogen and oxygen atoms in total. The summed E-state index contributed by atoms with van der Waals surface area (Å²) in [6.07, 6.45) is 5.07. The lowest BCUT2D eigenvalue weighted by molar-refractivity contribution is -0.129. The largest absolute Gasteiger partial charge is 0.352 e. The molecule has 1 saturated heterocycles. The van der Waals surface area contributed by atoms with Crippen molar-refractivity contribution in [3.8, 4) is 6.07 Å². The topological polar surface area (TPSA) is 56.1 Å². The molecule has 1 amide bonds. The third-order valence-corrected chi connectivity index (χ3v) is 4.29. The zero-order valence-corrected chi connectivity index (χ0v) is 13.0. The van der Waals surface area contributed by atoms with Crippen molar-refractivity contribution < 1.29 is 4.79 Å². The number of nitrogens with one attached hydrogen (secondary N) is 1. The van der Waals surface area contributed by atoms with Crippen LogP contribution in [-0.4, -0.2) is 36.5 Å². The highest BCUT2D eigenvalue weighted by molar-refractivity contribution is 5.81.